The summed E-state index contributed by atoms with van der Waals surface area (Å²) in [6.45, 7) is 0.502. The zero-order chi connectivity index (χ0) is 17.1. The molecule has 0 radical (unpaired) electrons. The molecule has 2 aromatic carbocycles. The monoisotopic (exact) mass is 385 g/mol. The summed E-state index contributed by atoms with van der Waals surface area (Å²) in [7, 11) is 1.76. The quantitative estimate of drug-likeness (QED) is 0.750. The van der Waals surface area contributed by atoms with Crippen molar-refractivity contribution >= 4 is 32.6 Å². The topological polar surface area (TPSA) is 66.1 Å². The van der Waals surface area contributed by atoms with E-state index in [0.717, 1.165) is 10.0 Å². The summed E-state index contributed by atoms with van der Waals surface area (Å²) in [4.78, 5) is 26.0. The molecule has 0 atom stereocenters. The number of rotatable bonds is 4. The number of nitrogens with one attached hydrogen (secondary N) is 1. The van der Waals surface area contributed by atoms with Crippen LogP contribution in [0.4, 0.5) is 0 Å². The van der Waals surface area contributed by atoms with Crippen LogP contribution in [0.3, 0.4) is 0 Å². The fraction of sp³-hybridized carbons (Fsp3) is 0.167. The van der Waals surface area contributed by atoms with Gasteiger partial charge in [-0.15, -0.1) is 0 Å². The predicted octanol–water partition coefficient (Wildman–Crippen LogP) is 2.89. The zero-order valence-electron chi connectivity index (χ0n) is 13.1. The highest BCUT2D eigenvalue weighted by Gasteiger charge is 2.15. The third-order valence-corrected chi connectivity index (χ3v) is 4.66. The van der Waals surface area contributed by atoms with E-state index in [-0.39, 0.29) is 17.9 Å². The van der Waals surface area contributed by atoms with Crippen molar-refractivity contribution in [2.45, 2.75) is 13.0 Å². The van der Waals surface area contributed by atoms with E-state index in [9.17, 15) is 9.59 Å². The lowest BCUT2D eigenvalue weighted by molar-refractivity contribution is -0.129. The summed E-state index contributed by atoms with van der Waals surface area (Å²) < 4.78 is 0.970. The Morgan fingerprint density at radius 1 is 1.12 bits per heavy atom. The van der Waals surface area contributed by atoms with E-state index < -0.39 is 0 Å². The first-order valence-corrected chi connectivity index (χ1v) is 8.29. The minimum absolute atomic E-state index is 0.0598. The number of halogens is 1. The predicted molar refractivity (Wildman–Crippen MR) is 96.7 cm³/mol. The van der Waals surface area contributed by atoms with Gasteiger partial charge in [0.25, 0.3) is 5.56 Å². The van der Waals surface area contributed by atoms with Crippen molar-refractivity contribution in [2.75, 3.05) is 7.05 Å². The highest BCUT2D eigenvalue weighted by atomic mass is 79.9. The molecule has 0 fully saturated rings. The van der Waals surface area contributed by atoms with E-state index >= 15 is 0 Å². The minimum Gasteiger partial charge on any atom is -0.341 e. The van der Waals surface area contributed by atoms with E-state index in [1.54, 1.807) is 24.1 Å². The van der Waals surface area contributed by atoms with Gasteiger partial charge in [-0.1, -0.05) is 52.3 Å². The number of benzene rings is 2. The molecule has 0 aliphatic carbocycles. The van der Waals surface area contributed by atoms with E-state index in [4.69, 9.17) is 0 Å². The molecule has 1 N–H and O–H groups in total. The van der Waals surface area contributed by atoms with Crippen LogP contribution in [0, 0.1) is 0 Å². The lowest BCUT2D eigenvalue weighted by Crippen LogP contribution is -2.28. The Bertz CT molecular complexity index is 952. The van der Waals surface area contributed by atoms with E-state index in [0.29, 0.717) is 23.0 Å². The molecule has 0 aliphatic rings. The lowest BCUT2D eigenvalue weighted by atomic mass is 10.1. The van der Waals surface area contributed by atoms with Crippen LogP contribution in [0.25, 0.3) is 10.8 Å². The maximum Gasteiger partial charge on any atom is 0.272 e. The van der Waals surface area contributed by atoms with Crippen LogP contribution in [-0.2, 0) is 17.8 Å². The molecule has 0 spiro atoms. The van der Waals surface area contributed by atoms with Crippen LogP contribution in [0.2, 0.25) is 0 Å². The van der Waals surface area contributed by atoms with Crippen molar-refractivity contribution in [2.24, 2.45) is 0 Å². The maximum atomic E-state index is 12.5. The van der Waals surface area contributed by atoms with Gasteiger partial charge in [0.2, 0.25) is 5.91 Å². The van der Waals surface area contributed by atoms with Gasteiger partial charge in [0.1, 0.15) is 0 Å². The molecule has 1 amide bonds. The second-order valence-electron chi connectivity index (χ2n) is 5.56. The number of amides is 1. The molecule has 1 heterocycles. The van der Waals surface area contributed by atoms with Gasteiger partial charge < -0.3 is 4.90 Å². The first kappa shape index (κ1) is 16.4. The van der Waals surface area contributed by atoms with Crippen LogP contribution in [0.1, 0.15) is 11.3 Å². The molecule has 122 valence electrons. The van der Waals surface area contributed by atoms with Crippen molar-refractivity contribution in [3.8, 4) is 0 Å². The SMILES string of the molecule is CN(Cc1ccccc1Br)C(=O)Cc1n[nH]c(=O)c2ccccc12. The van der Waals surface area contributed by atoms with Crippen molar-refractivity contribution in [3.63, 3.8) is 0 Å². The summed E-state index contributed by atoms with van der Waals surface area (Å²) in [5.74, 6) is -0.0598. The number of aromatic amines is 1. The Hall–Kier alpha value is -2.47. The maximum absolute atomic E-state index is 12.5. The standard InChI is InChI=1S/C18H16BrN3O2/c1-22(11-12-6-2-5-9-15(12)19)17(23)10-16-13-7-3-4-8-14(13)18(24)21-20-16/h2-9H,10-11H2,1H3,(H,21,24). The Labute approximate surface area is 147 Å². The molecule has 5 nitrogen and oxygen atoms in total. The molecule has 0 saturated heterocycles. The third kappa shape index (κ3) is 3.38. The average molecular weight is 386 g/mol. The van der Waals surface area contributed by atoms with Gasteiger partial charge in [0.05, 0.1) is 17.5 Å². The smallest absolute Gasteiger partial charge is 0.272 e. The average Bonchev–Trinajstić information content (AvgIpc) is 2.59. The van der Waals surface area contributed by atoms with Crippen molar-refractivity contribution in [3.05, 3.63) is 74.6 Å². The van der Waals surface area contributed by atoms with Crippen molar-refractivity contribution in [1.29, 1.82) is 0 Å². The summed E-state index contributed by atoms with van der Waals surface area (Å²) in [5, 5.41) is 7.78. The highest BCUT2D eigenvalue weighted by Crippen LogP contribution is 2.18. The summed E-state index contributed by atoms with van der Waals surface area (Å²) in [5.41, 5.74) is 1.37. The molecular formula is C18H16BrN3O2. The van der Waals surface area contributed by atoms with Gasteiger partial charge in [-0.3, -0.25) is 9.59 Å². The molecule has 0 aliphatic heterocycles. The van der Waals surface area contributed by atoms with Crippen LogP contribution < -0.4 is 5.56 Å². The fourth-order valence-electron chi connectivity index (χ4n) is 2.55. The molecule has 3 aromatic rings. The second-order valence-corrected chi connectivity index (χ2v) is 6.42. The van der Waals surface area contributed by atoms with Crippen LogP contribution in [-0.4, -0.2) is 28.1 Å². The number of carbonyl (C=O) groups is 1. The number of hydrogen-bond donors (Lipinski definition) is 1. The zero-order valence-corrected chi connectivity index (χ0v) is 14.7. The van der Waals surface area contributed by atoms with Gasteiger partial charge in [-0.05, 0) is 17.7 Å². The normalized spacial score (nSPS) is 10.8. The number of H-pyrrole nitrogens is 1. The first-order chi connectivity index (χ1) is 11.6. The largest absolute Gasteiger partial charge is 0.341 e. The van der Waals surface area contributed by atoms with Crippen molar-refractivity contribution in [1.82, 2.24) is 15.1 Å². The minimum atomic E-state index is -0.247. The van der Waals surface area contributed by atoms with Gasteiger partial charge in [-0.2, -0.15) is 5.10 Å². The third-order valence-electron chi connectivity index (χ3n) is 3.88. The number of carbonyl (C=O) groups excluding carboxylic acids is 1. The van der Waals surface area contributed by atoms with Crippen LogP contribution >= 0.6 is 15.9 Å². The summed E-state index contributed by atoms with van der Waals surface area (Å²) in [6, 6.07) is 15.0. The molecule has 0 saturated carbocycles. The Morgan fingerprint density at radius 2 is 1.79 bits per heavy atom. The van der Waals surface area contributed by atoms with Gasteiger partial charge in [-0.25, -0.2) is 5.10 Å². The molecule has 0 unspecified atom stereocenters. The number of hydrogen-bond acceptors (Lipinski definition) is 3. The van der Waals surface area contributed by atoms with E-state index in [2.05, 4.69) is 26.1 Å². The molecule has 6 heteroatoms. The summed E-state index contributed by atoms with van der Waals surface area (Å²) in [6.07, 6.45) is 0.137. The van der Waals surface area contributed by atoms with Crippen LogP contribution in [0.15, 0.2) is 57.8 Å². The number of aromatic nitrogens is 2. The molecule has 24 heavy (non-hydrogen) atoms. The second kappa shape index (κ2) is 6.97. The first-order valence-electron chi connectivity index (χ1n) is 7.50. The van der Waals surface area contributed by atoms with Crippen molar-refractivity contribution < 1.29 is 4.79 Å². The molecule has 1 aromatic heterocycles. The van der Waals surface area contributed by atoms with Gasteiger partial charge in [0.15, 0.2) is 0 Å². The molecular weight excluding hydrogens is 370 g/mol. The number of likely N-dealkylation sites (N-methyl/N-ethyl adjacent to an activating group) is 1. The van der Waals surface area contributed by atoms with E-state index in [1.807, 2.05) is 36.4 Å². The van der Waals surface area contributed by atoms with Crippen LogP contribution in [0.5, 0.6) is 0 Å². The number of nitrogens with zero attached hydrogens (tertiary/aromatic N) is 2. The summed E-state index contributed by atoms with van der Waals surface area (Å²) >= 11 is 3.49. The fourth-order valence-corrected chi connectivity index (χ4v) is 2.96. The highest BCUT2D eigenvalue weighted by molar-refractivity contribution is 9.10. The Kier molecular flexibility index (Phi) is 4.76. The Balaban J connectivity index is 1.81. The molecule has 0 bridgehead atoms. The van der Waals surface area contributed by atoms with Gasteiger partial charge >= 0.3 is 0 Å². The van der Waals surface area contributed by atoms with Gasteiger partial charge in [0, 0.05) is 23.5 Å². The lowest BCUT2D eigenvalue weighted by Gasteiger charge is -2.18. The molecule has 3 rings (SSSR count). The van der Waals surface area contributed by atoms with E-state index in [1.165, 1.54) is 0 Å². The number of fused-ring (bicyclic) bond motifs is 1. The Morgan fingerprint density at radius 3 is 2.54 bits per heavy atom.